The van der Waals surface area contributed by atoms with Crippen molar-refractivity contribution in [2.75, 3.05) is 31.1 Å². The quantitative estimate of drug-likeness (QED) is 0.463. The minimum atomic E-state index is -0.357. The Balaban J connectivity index is 1.50. The van der Waals surface area contributed by atoms with Crippen molar-refractivity contribution in [2.45, 2.75) is 38.9 Å². The molecule has 2 saturated heterocycles. The van der Waals surface area contributed by atoms with Crippen molar-refractivity contribution < 1.29 is 9.53 Å². The number of benzene rings is 1. The minimum Gasteiger partial charge on any atom is -0.370 e. The van der Waals surface area contributed by atoms with Gasteiger partial charge >= 0.3 is 0 Å². The highest BCUT2D eigenvalue weighted by molar-refractivity contribution is 6.35. The summed E-state index contributed by atoms with van der Waals surface area (Å²) in [6.07, 6.45) is 4.62. The molecule has 188 valence electrons. The summed E-state index contributed by atoms with van der Waals surface area (Å²) in [6.45, 7) is 11.0. The van der Waals surface area contributed by atoms with Crippen LogP contribution in [0.2, 0.25) is 5.02 Å². The van der Waals surface area contributed by atoms with Crippen LogP contribution in [0.4, 0.5) is 5.82 Å². The van der Waals surface area contributed by atoms with E-state index in [4.69, 9.17) is 26.3 Å². The third-order valence-corrected chi connectivity index (χ3v) is 8.24. The molecule has 3 aliphatic heterocycles. The number of amides is 1. The number of likely N-dealkylation sites (tertiary alicyclic amines) is 1. The molecule has 0 N–H and O–H groups in total. The molecular formula is C29H28ClN5O2. The second-order valence-corrected chi connectivity index (χ2v) is 11.4. The molecule has 1 amide bonds. The molecule has 8 heteroatoms. The molecule has 0 saturated carbocycles. The van der Waals surface area contributed by atoms with E-state index >= 15 is 0 Å². The molecular weight excluding hydrogens is 486 g/mol. The summed E-state index contributed by atoms with van der Waals surface area (Å²) in [5.74, 6) is 0.666. The summed E-state index contributed by atoms with van der Waals surface area (Å²) < 4.78 is 6.20. The molecule has 3 aliphatic rings. The van der Waals surface area contributed by atoms with Gasteiger partial charge in [-0.05, 0) is 26.3 Å². The molecule has 0 unspecified atom stereocenters. The lowest BCUT2D eigenvalue weighted by Crippen LogP contribution is -2.59. The van der Waals surface area contributed by atoms with E-state index in [0.717, 1.165) is 52.8 Å². The van der Waals surface area contributed by atoms with Gasteiger partial charge in [0.05, 0.1) is 28.6 Å². The number of hydrogen-bond acceptors (Lipinski definition) is 6. The van der Waals surface area contributed by atoms with Crippen LogP contribution in [0.3, 0.4) is 0 Å². The highest BCUT2D eigenvalue weighted by atomic mass is 35.5. The van der Waals surface area contributed by atoms with E-state index in [1.165, 1.54) is 6.08 Å². The van der Waals surface area contributed by atoms with Crippen LogP contribution < -0.4 is 4.90 Å². The number of fused-ring (bicyclic) bond motifs is 2. The number of nitrogens with zero attached hydrogens (tertiary/aromatic N) is 5. The van der Waals surface area contributed by atoms with Gasteiger partial charge in [-0.25, -0.2) is 4.98 Å². The lowest BCUT2D eigenvalue weighted by molar-refractivity contribution is -0.136. The fourth-order valence-electron chi connectivity index (χ4n) is 6.06. The molecule has 6 rings (SSSR count). The third kappa shape index (κ3) is 3.87. The van der Waals surface area contributed by atoms with Crippen LogP contribution in [0.5, 0.6) is 0 Å². The highest BCUT2D eigenvalue weighted by Crippen LogP contribution is 2.45. The van der Waals surface area contributed by atoms with Crippen molar-refractivity contribution in [3.8, 4) is 17.3 Å². The van der Waals surface area contributed by atoms with E-state index in [1.54, 1.807) is 6.20 Å². The standard InChI is InChI=1S/C29H28ClN5O2/c1-4-24(36)35-16-29(17-35)9-10-34(15-29)27-20(12-31)25(21-14-37-28(2,3)11-23(21)33-27)26-19-8-6-5-7-18(19)22(30)13-32-26/h4-8,13H,1,9-11,14-17H2,2-3H3. The monoisotopic (exact) mass is 513 g/mol. The first-order chi connectivity index (χ1) is 17.7. The van der Waals surface area contributed by atoms with Crippen LogP contribution in [0.15, 0.2) is 43.1 Å². The van der Waals surface area contributed by atoms with Crippen molar-refractivity contribution in [1.82, 2.24) is 14.9 Å². The molecule has 1 aromatic carbocycles. The van der Waals surface area contributed by atoms with Gasteiger partial charge in [0.25, 0.3) is 0 Å². The summed E-state index contributed by atoms with van der Waals surface area (Å²) in [5, 5.41) is 12.9. The Morgan fingerprint density at radius 2 is 2.00 bits per heavy atom. The van der Waals surface area contributed by atoms with Crippen LogP contribution in [0.1, 0.15) is 37.1 Å². The van der Waals surface area contributed by atoms with E-state index in [9.17, 15) is 10.1 Å². The molecule has 2 fully saturated rings. The largest absolute Gasteiger partial charge is 0.370 e. The lowest BCUT2D eigenvalue weighted by Gasteiger charge is -2.47. The van der Waals surface area contributed by atoms with Crippen molar-refractivity contribution >= 4 is 34.1 Å². The molecule has 2 aromatic heterocycles. The van der Waals surface area contributed by atoms with E-state index in [1.807, 2.05) is 29.2 Å². The van der Waals surface area contributed by atoms with Gasteiger partial charge < -0.3 is 14.5 Å². The Morgan fingerprint density at radius 3 is 2.73 bits per heavy atom. The third-order valence-electron chi connectivity index (χ3n) is 7.94. The van der Waals surface area contributed by atoms with E-state index in [-0.39, 0.29) is 16.9 Å². The number of carbonyl (C=O) groups is 1. The van der Waals surface area contributed by atoms with Crippen LogP contribution in [0, 0.1) is 16.7 Å². The zero-order valence-electron chi connectivity index (χ0n) is 21.1. The number of carbonyl (C=O) groups excluding carboxylic acids is 1. The second-order valence-electron chi connectivity index (χ2n) is 11.0. The molecule has 1 spiro atoms. The van der Waals surface area contributed by atoms with Gasteiger partial charge in [-0.2, -0.15) is 5.26 Å². The number of halogens is 1. The fourth-order valence-corrected chi connectivity index (χ4v) is 6.27. The van der Waals surface area contributed by atoms with Crippen molar-refractivity contribution in [1.29, 1.82) is 5.26 Å². The maximum atomic E-state index is 12.1. The first-order valence-corrected chi connectivity index (χ1v) is 12.9. The molecule has 0 atom stereocenters. The molecule has 5 heterocycles. The van der Waals surface area contributed by atoms with Crippen LogP contribution in [-0.4, -0.2) is 52.6 Å². The Bertz CT molecular complexity index is 1500. The summed E-state index contributed by atoms with van der Waals surface area (Å²) >= 11 is 6.50. The Morgan fingerprint density at radius 1 is 1.24 bits per heavy atom. The summed E-state index contributed by atoms with van der Waals surface area (Å²) in [5.41, 5.74) is 3.54. The van der Waals surface area contributed by atoms with Gasteiger partial charge in [0, 0.05) is 66.1 Å². The van der Waals surface area contributed by atoms with Crippen LogP contribution >= 0.6 is 11.6 Å². The minimum absolute atomic E-state index is 0.0245. The van der Waals surface area contributed by atoms with Crippen molar-refractivity contribution in [3.63, 3.8) is 0 Å². The normalized spacial score (nSPS) is 19.4. The van der Waals surface area contributed by atoms with Crippen LogP contribution in [0.25, 0.3) is 22.0 Å². The number of anilines is 1. The zero-order valence-corrected chi connectivity index (χ0v) is 21.8. The van der Waals surface area contributed by atoms with Crippen LogP contribution in [-0.2, 0) is 22.6 Å². The van der Waals surface area contributed by atoms with Gasteiger partial charge in [-0.1, -0.05) is 42.4 Å². The average molecular weight is 514 g/mol. The van der Waals surface area contributed by atoms with Gasteiger partial charge in [0.2, 0.25) is 5.91 Å². The molecule has 0 bridgehead atoms. The van der Waals surface area contributed by atoms with Gasteiger partial charge in [0.1, 0.15) is 17.5 Å². The van der Waals surface area contributed by atoms with Gasteiger partial charge in [-0.3, -0.25) is 9.78 Å². The first kappa shape index (κ1) is 23.9. The SMILES string of the molecule is C=CC(=O)N1CC2(CCN(c3nc4c(c(-c5ncc(Cl)c6ccccc56)c3C#N)COC(C)(C)C4)C2)C1. The number of pyridine rings is 2. The predicted octanol–water partition coefficient (Wildman–Crippen LogP) is 4.90. The molecule has 0 aliphatic carbocycles. The highest BCUT2D eigenvalue weighted by Gasteiger charge is 2.49. The summed E-state index contributed by atoms with van der Waals surface area (Å²) in [6, 6.07) is 10.4. The summed E-state index contributed by atoms with van der Waals surface area (Å²) in [4.78, 5) is 26.0. The van der Waals surface area contributed by atoms with Crippen molar-refractivity contribution in [3.05, 3.63) is 65.0 Å². The maximum Gasteiger partial charge on any atom is 0.245 e. The maximum absolute atomic E-state index is 12.1. The number of rotatable bonds is 3. The zero-order chi connectivity index (χ0) is 25.9. The topological polar surface area (TPSA) is 82.4 Å². The number of ether oxygens (including phenoxy) is 1. The summed E-state index contributed by atoms with van der Waals surface area (Å²) in [7, 11) is 0. The molecule has 7 nitrogen and oxygen atoms in total. The smallest absolute Gasteiger partial charge is 0.245 e. The Labute approximate surface area is 221 Å². The van der Waals surface area contributed by atoms with Crippen molar-refractivity contribution in [2.24, 2.45) is 5.41 Å². The second kappa shape index (κ2) is 8.54. The van der Waals surface area contributed by atoms with E-state index < -0.39 is 0 Å². The Hall–Kier alpha value is -3.47. The number of hydrogen-bond donors (Lipinski definition) is 0. The average Bonchev–Trinajstić information content (AvgIpc) is 3.32. The van der Waals surface area contributed by atoms with Gasteiger partial charge in [-0.15, -0.1) is 0 Å². The predicted molar refractivity (Wildman–Crippen MR) is 143 cm³/mol. The first-order valence-electron chi connectivity index (χ1n) is 12.5. The molecule has 37 heavy (non-hydrogen) atoms. The number of aromatic nitrogens is 2. The molecule has 0 radical (unpaired) electrons. The number of nitriles is 1. The molecule has 3 aromatic rings. The van der Waals surface area contributed by atoms with E-state index in [0.29, 0.717) is 42.5 Å². The van der Waals surface area contributed by atoms with E-state index in [2.05, 4.69) is 31.4 Å². The fraction of sp³-hybridized carbons (Fsp3) is 0.379. The Kier molecular flexibility index (Phi) is 5.52. The lowest BCUT2D eigenvalue weighted by atomic mass is 9.79. The van der Waals surface area contributed by atoms with Gasteiger partial charge in [0.15, 0.2) is 0 Å².